The first-order chi connectivity index (χ1) is 20.4. The fourth-order valence-corrected chi connectivity index (χ4v) is 4.68. The van der Waals surface area contributed by atoms with Crippen molar-refractivity contribution in [3.63, 3.8) is 0 Å². The monoisotopic (exact) mass is 612 g/mol. The highest BCUT2D eigenvalue weighted by Gasteiger charge is 2.34. The quantitative estimate of drug-likeness (QED) is 0.201. The summed E-state index contributed by atoms with van der Waals surface area (Å²) in [5.74, 6) is -0.880. The van der Waals surface area contributed by atoms with Crippen molar-refractivity contribution < 1.29 is 41.8 Å². The lowest BCUT2D eigenvalue weighted by molar-refractivity contribution is -0.136. The van der Waals surface area contributed by atoms with Gasteiger partial charge in [-0.2, -0.15) is 13.2 Å². The second kappa shape index (κ2) is 11.2. The molecule has 0 saturated carbocycles. The molecule has 1 aromatic heterocycles. The van der Waals surface area contributed by atoms with E-state index in [1.165, 1.54) is 26.3 Å². The summed E-state index contributed by atoms with van der Waals surface area (Å²) in [7, 11) is 2.81. The first-order valence-electron chi connectivity index (χ1n) is 12.4. The van der Waals surface area contributed by atoms with E-state index in [0.29, 0.717) is 22.9 Å². The molecular weight excluding hydrogens is 593 g/mol. The van der Waals surface area contributed by atoms with E-state index in [9.17, 15) is 32.7 Å². The van der Waals surface area contributed by atoms with E-state index in [1.54, 1.807) is 42.5 Å². The van der Waals surface area contributed by atoms with Gasteiger partial charge in [-0.15, -0.1) is 0 Å². The number of phenolic OH excluding ortho intramolecular Hbond substituents is 1. The van der Waals surface area contributed by atoms with E-state index < -0.39 is 40.3 Å². The molecule has 5 aromatic rings. The zero-order chi connectivity index (χ0) is 31.1. The van der Waals surface area contributed by atoms with Gasteiger partial charge in [0.2, 0.25) is 0 Å². The van der Waals surface area contributed by atoms with E-state index in [4.69, 9.17) is 25.5 Å². The molecule has 0 aliphatic rings. The first-order valence-corrected chi connectivity index (χ1v) is 12.8. The third kappa shape index (κ3) is 5.64. The predicted octanol–water partition coefficient (Wildman–Crippen LogP) is 7.22. The second-order valence-electron chi connectivity index (χ2n) is 9.17. The van der Waals surface area contributed by atoms with E-state index in [0.717, 1.165) is 17.0 Å². The summed E-state index contributed by atoms with van der Waals surface area (Å²) in [6.07, 6.45) is -5.86. The molecule has 2 N–H and O–H groups in total. The number of nitrogens with zero attached hydrogens (tertiary/aromatic N) is 1. The van der Waals surface area contributed by atoms with Crippen molar-refractivity contribution in [3.05, 3.63) is 99.4 Å². The van der Waals surface area contributed by atoms with Crippen LogP contribution in [0.1, 0.15) is 15.9 Å². The van der Waals surface area contributed by atoms with Crippen molar-refractivity contribution in [2.45, 2.75) is 6.18 Å². The van der Waals surface area contributed by atoms with Gasteiger partial charge >= 0.3 is 17.9 Å². The summed E-state index contributed by atoms with van der Waals surface area (Å²) in [5, 5.41) is 13.5. The minimum Gasteiger partial charge on any atom is -0.506 e. The number of para-hydroxylation sites is 2. The molecule has 5 rings (SSSR count). The fraction of sp³-hybridized carbons (Fsp3) is 0.100. The number of hydrogen-bond acceptors (Lipinski definition) is 7. The Balaban J connectivity index is 1.44. The van der Waals surface area contributed by atoms with Crippen LogP contribution < -0.4 is 25.3 Å². The number of methoxy groups -OCH3 is 1. The molecule has 2 amide bonds. The van der Waals surface area contributed by atoms with Crippen molar-refractivity contribution in [2.75, 3.05) is 24.4 Å². The van der Waals surface area contributed by atoms with Gasteiger partial charge in [0, 0.05) is 35.3 Å². The van der Waals surface area contributed by atoms with Crippen molar-refractivity contribution in [2.24, 2.45) is 0 Å². The van der Waals surface area contributed by atoms with Crippen LogP contribution in [-0.2, 0) is 6.18 Å². The number of ether oxygens (including phenoxy) is 2. The Bertz CT molecular complexity index is 1970. The van der Waals surface area contributed by atoms with Crippen LogP contribution >= 0.6 is 11.6 Å². The average Bonchev–Trinajstić information content (AvgIpc) is 2.96. The smallest absolute Gasteiger partial charge is 0.419 e. The Morgan fingerprint density at radius 2 is 1.70 bits per heavy atom. The number of amides is 2. The lowest BCUT2D eigenvalue weighted by atomic mass is 10.0. The molecule has 9 nitrogen and oxygen atoms in total. The molecule has 43 heavy (non-hydrogen) atoms. The maximum atomic E-state index is 13.4. The van der Waals surface area contributed by atoms with E-state index in [-0.39, 0.29) is 33.2 Å². The summed E-state index contributed by atoms with van der Waals surface area (Å²) in [6.45, 7) is 0. The van der Waals surface area contributed by atoms with E-state index >= 15 is 0 Å². The molecule has 1 heterocycles. The van der Waals surface area contributed by atoms with Gasteiger partial charge in [-0.3, -0.25) is 9.69 Å². The van der Waals surface area contributed by atoms with Crippen molar-refractivity contribution in [3.8, 4) is 17.2 Å². The van der Waals surface area contributed by atoms with Crippen LogP contribution in [0, 0.1) is 0 Å². The molecule has 4 aromatic carbocycles. The predicted molar refractivity (Wildman–Crippen MR) is 153 cm³/mol. The summed E-state index contributed by atoms with van der Waals surface area (Å²) in [6, 6.07) is 16.4. The normalized spacial score (nSPS) is 11.4. The fourth-order valence-electron chi connectivity index (χ4n) is 4.48. The number of halogens is 4. The topological polar surface area (TPSA) is 118 Å². The summed E-state index contributed by atoms with van der Waals surface area (Å²) < 4.78 is 55.7. The molecule has 0 radical (unpaired) electrons. The van der Waals surface area contributed by atoms with Crippen LogP contribution in [0.2, 0.25) is 5.02 Å². The van der Waals surface area contributed by atoms with Gasteiger partial charge in [0.1, 0.15) is 17.1 Å². The number of benzene rings is 4. The summed E-state index contributed by atoms with van der Waals surface area (Å²) >= 11 is 6.14. The molecule has 0 fully saturated rings. The number of hydrogen-bond donors (Lipinski definition) is 2. The van der Waals surface area contributed by atoms with Crippen molar-refractivity contribution in [1.29, 1.82) is 0 Å². The number of carbonyl (C=O) groups is 2. The molecule has 0 atom stereocenters. The summed E-state index contributed by atoms with van der Waals surface area (Å²) in [4.78, 5) is 38.9. The van der Waals surface area contributed by atoms with Crippen LogP contribution in [0.15, 0.2) is 82.0 Å². The van der Waals surface area contributed by atoms with Crippen LogP contribution in [0.5, 0.6) is 17.2 Å². The van der Waals surface area contributed by atoms with Crippen LogP contribution in [-0.4, -0.2) is 31.3 Å². The molecule has 0 bridgehead atoms. The lowest BCUT2D eigenvalue weighted by Crippen LogP contribution is -2.29. The highest BCUT2D eigenvalue weighted by Crippen LogP contribution is 2.39. The van der Waals surface area contributed by atoms with Crippen LogP contribution in [0.25, 0.3) is 21.7 Å². The standard InChI is InChI=1S/C30H20ClF3N2O7/c1-36(29(40)43-25-14-24-18(12-20(25)31)19(30(32,33)34)13-26(37)42-24)22-8-5-6-16-15(22)10-11-17(27(16)38)28(39)35-21-7-3-4-9-23(21)41-2/h3-14,38H,1-2H3,(H,35,39). The Labute approximate surface area is 245 Å². The number of nitrogens with one attached hydrogen (secondary N) is 1. The van der Waals surface area contributed by atoms with E-state index in [2.05, 4.69) is 5.32 Å². The Kier molecular flexibility index (Phi) is 7.63. The lowest BCUT2D eigenvalue weighted by Gasteiger charge is -2.20. The minimum atomic E-state index is -4.86. The molecule has 0 aliphatic heterocycles. The van der Waals surface area contributed by atoms with Gasteiger partial charge in [-0.25, -0.2) is 9.59 Å². The Hall–Kier alpha value is -5.23. The first kappa shape index (κ1) is 29.3. The number of carbonyl (C=O) groups excluding carboxylic acids is 2. The maximum Gasteiger partial charge on any atom is 0.419 e. The van der Waals surface area contributed by atoms with E-state index in [1.807, 2.05) is 0 Å². The number of anilines is 2. The molecule has 220 valence electrons. The van der Waals surface area contributed by atoms with Gasteiger partial charge in [-0.05, 0) is 30.3 Å². The Morgan fingerprint density at radius 1 is 0.953 bits per heavy atom. The number of phenols is 1. The molecule has 0 unspecified atom stereocenters. The third-order valence-electron chi connectivity index (χ3n) is 6.54. The van der Waals surface area contributed by atoms with Gasteiger partial charge < -0.3 is 24.3 Å². The largest absolute Gasteiger partial charge is 0.506 e. The Morgan fingerprint density at radius 3 is 2.42 bits per heavy atom. The van der Waals surface area contributed by atoms with Crippen molar-refractivity contribution >= 4 is 56.7 Å². The molecular formula is C30H20ClF3N2O7. The highest BCUT2D eigenvalue weighted by molar-refractivity contribution is 6.33. The van der Waals surface area contributed by atoms with Gasteiger partial charge in [0.15, 0.2) is 5.75 Å². The van der Waals surface area contributed by atoms with Gasteiger partial charge in [0.25, 0.3) is 5.91 Å². The highest BCUT2D eigenvalue weighted by atomic mass is 35.5. The van der Waals surface area contributed by atoms with Crippen molar-refractivity contribution in [1.82, 2.24) is 0 Å². The molecule has 0 saturated heterocycles. The number of rotatable bonds is 5. The number of fused-ring (bicyclic) bond motifs is 2. The third-order valence-corrected chi connectivity index (χ3v) is 6.84. The van der Waals surface area contributed by atoms with Crippen LogP contribution in [0.3, 0.4) is 0 Å². The van der Waals surface area contributed by atoms with Crippen LogP contribution in [0.4, 0.5) is 29.3 Å². The minimum absolute atomic E-state index is 0.0385. The average molecular weight is 613 g/mol. The number of aromatic hydroxyl groups is 1. The van der Waals surface area contributed by atoms with Gasteiger partial charge in [-0.1, -0.05) is 41.9 Å². The molecule has 0 aliphatic carbocycles. The molecule has 13 heteroatoms. The zero-order valence-electron chi connectivity index (χ0n) is 22.3. The summed E-state index contributed by atoms with van der Waals surface area (Å²) in [5.41, 5.74) is -2.36. The SMILES string of the molecule is COc1ccccc1NC(=O)c1ccc2c(N(C)C(=O)Oc3cc4oc(=O)cc(C(F)(F)F)c4cc3Cl)cccc2c1O. The zero-order valence-corrected chi connectivity index (χ0v) is 23.0. The van der Waals surface area contributed by atoms with Gasteiger partial charge in [0.05, 0.1) is 34.6 Å². The number of alkyl halides is 3. The molecule has 0 spiro atoms. The maximum absolute atomic E-state index is 13.4. The second-order valence-corrected chi connectivity index (χ2v) is 9.58.